The number of rotatable bonds is 6. The molecular formula is C13H18BrN5O. The highest BCUT2D eigenvalue weighted by Crippen LogP contribution is 2.27. The molecule has 6 nitrogen and oxygen atoms in total. The number of benzene rings is 1. The Hall–Kier alpha value is -1.47. The van der Waals surface area contributed by atoms with E-state index in [1.807, 2.05) is 18.2 Å². The van der Waals surface area contributed by atoms with Gasteiger partial charge in [0.15, 0.2) is 5.82 Å². The molecule has 0 fully saturated rings. The number of halogens is 1. The number of methoxy groups -OCH3 is 1. The van der Waals surface area contributed by atoms with Gasteiger partial charge in [0.2, 0.25) is 0 Å². The zero-order valence-electron chi connectivity index (χ0n) is 11.8. The second-order valence-electron chi connectivity index (χ2n) is 4.44. The van der Waals surface area contributed by atoms with E-state index in [1.54, 1.807) is 11.8 Å². The van der Waals surface area contributed by atoms with Crippen molar-refractivity contribution in [1.82, 2.24) is 25.5 Å². The molecular weight excluding hydrogens is 322 g/mol. The molecule has 1 aromatic carbocycles. The number of aromatic nitrogens is 4. The van der Waals surface area contributed by atoms with E-state index in [1.165, 1.54) is 0 Å². The van der Waals surface area contributed by atoms with Crippen molar-refractivity contribution in [3.05, 3.63) is 28.5 Å². The van der Waals surface area contributed by atoms with Crippen LogP contribution in [0.15, 0.2) is 22.7 Å². The molecule has 0 aliphatic carbocycles. The van der Waals surface area contributed by atoms with E-state index in [2.05, 4.69) is 50.6 Å². The lowest BCUT2D eigenvalue weighted by Crippen LogP contribution is -2.22. The highest BCUT2D eigenvalue weighted by atomic mass is 79.9. The summed E-state index contributed by atoms with van der Waals surface area (Å²) in [7, 11) is 1.64. The van der Waals surface area contributed by atoms with Crippen LogP contribution in [-0.4, -0.2) is 33.9 Å². The second kappa shape index (κ2) is 6.81. The van der Waals surface area contributed by atoms with Crippen molar-refractivity contribution < 1.29 is 4.74 Å². The lowest BCUT2D eigenvalue weighted by atomic mass is 10.2. The van der Waals surface area contributed by atoms with Gasteiger partial charge in [-0.1, -0.05) is 6.92 Å². The topological polar surface area (TPSA) is 64.9 Å². The third-order valence-electron chi connectivity index (χ3n) is 2.96. The largest absolute Gasteiger partial charge is 0.496 e. The first-order valence-corrected chi connectivity index (χ1v) is 7.32. The summed E-state index contributed by atoms with van der Waals surface area (Å²) in [6.07, 6.45) is 1.07. The summed E-state index contributed by atoms with van der Waals surface area (Å²) in [6.45, 7) is 5.11. The maximum absolute atomic E-state index is 5.23. The van der Waals surface area contributed by atoms with E-state index < -0.39 is 0 Å². The van der Waals surface area contributed by atoms with Crippen molar-refractivity contribution in [2.75, 3.05) is 13.7 Å². The number of nitrogens with zero attached hydrogens (tertiary/aromatic N) is 4. The average Bonchev–Trinajstić information content (AvgIpc) is 2.94. The summed E-state index contributed by atoms with van der Waals surface area (Å²) >= 11 is 3.47. The van der Waals surface area contributed by atoms with Gasteiger partial charge in [-0.05, 0) is 64.4 Å². The van der Waals surface area contributed by atoms with Gasteiger partial charge in [0.05, 0.1) is 23.3 Å². The Morgan fingerprint density at radius 1 is 1.45 bits per heavy atom. The Balaban J connectivity index is 2.29. The summed E-state index contributed by atoms with van der Waals surface area (Å²) < 4.78 is 7.83. The first-order valence-electron chi connectivity index (χ1n) is 6.53. The van der Waals surface area contributed by atoms with Crippen LogP contribution < -0.4 is 10.1 Å². The molecule has 2 rings (SSSR count). The van der Waals surface area contributed by atoms with E-state index in [9.17, 15) is 0 Å². The highest BCUT2D eigenvalue weighted by molar-refractivity contribution is 9.10. The van der Waals surface area contributed by atoms with Crippen molar-refractivity contribution in [1.29, 1.82) is 0 Å². The van der Waals surface area contributed by atoms with Crippen LogP contribution in [0.5, 0.6) is 5.75 Å². The molecule has 20 heavy (non-hydrogen) atoms. The highest BCUT2D eigenvalue weighted by Gasteiger charge is 2.15. The Kier molecular flexibility index (Phi) is 5.08. The lowest BCUT2D eigenvalue weighted by Gasteiger charge is -2.13. The fraction of sp³-hybridized carbons (Fsp3) is 0.462. The van der Waals surface area contributed by atoms with Crippen LogP contribution in [-0.2, 0) is 0 Å². The summed E-state index contributed by atoms with van der Waals surface area (Å²) in [4.78, 5) is 0. The molecule has 0 radical (unpaired) electrons. The van der Waals surface area contributed by atoms with E-state index in [0.29, 0.717) is 0 Å². The van der Waals surface area contributed by atoms with Gasteiger partial charge < -0.3 is 10.1 Å². The second-order valence-corrected chi connectivity index (χ2v) is 5.30. The van der Waals surface area contributed by atoms with Gasteiger partial charge in [0.1, 0.15) is 5.75 Å². The standard InChI is InChI=1S/C13H18BrN5O/c1-4-7-15-9(2)13-16-17-18-19(13)10-5-6-12(20-3)11(14)8-10/h5-6,8-9,15H,4,7H2,1-3H3. The number of hydrogen-bond donors (Lipinski definition) is 1. The molecule has 0 aliphatic heterocycles. The monoisotopic (exact) mass is 339 g/mol. The van der Waals surface area contributed by atoms with Gasteiger partial charge in [-0.15, -0.1) is 5.10 Å². The number of nitrogens with one attached hydrogen (secondary N) is 1. The normalized spacial score (nSPS) is 12.4. The third kappa shape index (κ3) is 3.16. The predicted octanol–water partition coefficient (Wildman–Crippen LogP) is 2.49. The van der Waals surface area contributed by atoms with E-state index in [4.69, 9.17) is 4.74 Å². The molecule has 7 heteroatoms. The first-order chi connectivity index (χ1) is 9.67. The van der Waals surface area contributed by atoms with E-state index in [0.717, 1.165) is 34.7 Å². The quantitative estimate of drug-likeness (QED) is 0.875. The zero-order chi connectivity index (χ0) is 14.5. The molecule has 1 heterocycles. The van der Waals surface area contributed by atoms with E-state index >= 15 is 0 Å². The lowest BCUT2D eigenvalue weighted by molar-refractivity contribution is 0.412. The van der Waals surface area contributed by atoms with Crippen LogP contribution >= 0.6 is 15.9 Å². The molecule has 0 bridgehead atoms. The maximum atomic E-state index is 5.23. The summed E-state index contributed by atoms with van der Waals surface area (Å²) in [5.74, 6) is 1.57. The molecule has 0 saturated carbocycles. The average molecular weight is 340 g/mol. The molecule has 1 aromatic heterocycles. The Morgan fingerprint density at radius 2 is 2.25 bits per heavy atom. The zero-order valence-corrected chi connectivity index (χ0v) is 13.4. The van der Waals surface area contributed by atoms with Gasteiger partial charge in [0, 0.05) is 0 Å². The third-order valence-corrected chi connectivity index (χ3v) is 3.58. The first kappa shape index (κ1) is 14.9. The van der Waals surface area contributed by atoms with Crippen LogP contribution in [0.2, 0.25) is 0 Å². The SMILES string of the molecule is CCCNC(C)c1nnnn1-c1ccc(OC)c(Br)c1. The Labute approximate surface area is 126 Å². The number of hydrogen-bond acceptors (Lipinski definition) is 5. The molecule has 1 unspecified atom stereocenters. The van der Waals surface area contributed by atoms with Gasteiger partial charge in [-0.3, -0.25) is 0 Å². The molecule has 108 valence electrons. The fourth-order valence-corrected chi connectivity index (χ4v) is 2.42. The van der Waals surface area contributed by atoms with Crippen molar-refractivity contribution >= 4 is 15.9 Å². The molecule has 0 amide bonds. The van der Waals surface area contributed by atoms with Gasteiger partial charge in [-0.25, -0.2) is 0 Å². The molecule has 0 saturated heterocycles. The minimum absolute atomic E-state index is 0.0887. The molecule has 1 N–H and O–H groups in total. The Bertz CT molecular complexity index is 572. The van der Waals surface area contributed by atoms with Gasteiger partial charge in [0.25, 0.3) is 0 Å². The Morgan fingerprint density at radius 3 is 2.90 bits per heavy atom. The predicted molar refractivity (Wildman–Crippen MR) is 80.1 cm³/mol. The van der Waals surface area contributed by atoms with Crippen LogP contribution in [0.25, 0.3) is 5.69 Å². The number of tetrazole rings is 1. The van der Waals surface area contributed by atoms with Gasteiger partial charge >= 0.3 is 0 Å². The summed E-state index contributed by atoms with van der Waals surface area (Å²) in [5.41, 5.74) is 0.892. The molecule has 1 atom stereocenters. The van der Waals surface area contributed by atoms with Crippen molar-refractivity contribution in [3.8, 4) is 11.4 Å². The molecule has 2 aromatic rings. The molecule has 0 aliphatic rings. The van der Waals surface area contributed by atoms with Gasteiger partial charge in [-0.2, -0.15) is 4.68 Å². The van der Waals surface area contributed by atoms with Crippen molar-refractivity contribution in [2.45, 2.75) is 26.3 Å². The van der Waals surface area contributed by atoms with Crippen LogP contribution in [0, 0.1) is 0 Å². The minimum atomic E-state index is 0.0887. The van der Waals surface area contributed by atoms with Crippen molar-refractivity contribution in [3.63, 3.8) is 0 Å². The molecule has 0 spiro atoms. The van der Waals surface area contributed by atoms with Crippen LogP contribution in [0.3, 0.4) is 0 Å². The summed E-state index contributed by atoms with van der Waals surface area (Å²) in [6, 6.07) is 5.84. The fourth-order valence-electron chi connectivity index (χ4n) is 1.89. The van der Waals surface area contributed by atoms with E-state index in [-0.39, 0.29) is 6.04 Å². The summed E-state index contributed by atoms with van der Waals surface area (Å²) in [5, 5.41) is 15.3. The smallest absolute Gasteiger partial charge is 0.173 e. The maximum Gasteiger partial charge on any atom is 0.173 e. The minimum Gasteiger partial charge on any atom is -0.496 e. The van der Waals surface area contributed by atoms with Crippen LogP contribution in [0.4, 0.5) is 0 Å². The number of ether oxygens (including phenoxy) is 1. The van der Waals surface area contributed by atoms with Crippen LogP contribution in [0.1, 0.15) is 32.1 Å². The van der Waals surface area contributed by atoms with Crippen molar-refractivity contribution in [2.24, 2.45) is 0 Å².